The molecule has 4 atom stereocenters. The van der Waals surface area contributed by atoms with E-state index in [4.69, 9.17) is 9.84 Å². The highest BCUT2D eigenvalue weighted by atomic mass is 19.4. The predicted molar refractivity (Wildman–Crippen MR) is 45.2 cm³/mol. The molecule has 0 saturated carbocycles. The third-order valence-corrected chi connectivity index (χ3v) is 2.29. The zero-order chi connectivity index (χ0) is 12.5. The molecule has 0 aromatic carbocycles. The second-order valence-corrected chi connectivity index (χ2v) is 3.60. The molecule has 0 aliphatic carbocycles. The highest BCUT2D eigenvalue weighted by Gasteiger charge is 2.43. The molecule has 16 heavy (non-hydrogen) atoms. The van der Waals surface area contributed by atoms with E-state index < -0.39 is 36.6 Å². The van der Waals surface area contributed by atoms with E-state index in [2.05, 4.69) is 0 Å². The Morgan fingerprint density at radius 3 is 2.50 bits per heavy atom. The van der Waals surface area contributed by atoms with Crippen molar-refractivity contribution in [2.45, 2.75) is 44.1 Å². The molecule has 1 saturated heterocycles. The van der Waals surface area contributed by atoms with Crippen molar-refractivity contribution in [3.63, 3.8) is 0 Å². The van der Waals surface area contributed by atoms with Gasteiger partial charge in [0.1, 0.15) is 6.10 Å². The monoisotopic (exact) mass is 243 g/mol. The summed E-state index contributed by atoms with van der Waals surface area (Å²) in [6, 6.07) is -1.17. The SMILES string of the molecule is CC1OC(O)CC(NC(=O)C(F)(F)F)C1O. The summed E-state index contributed by atoms with van der Waals surface area (Å²) in [4.78, 5) is 10.6. The number of aliphatic hydroxyl groups excluding tert-OH is 2. The summed E-state index contributed by atoms with van der Waals surface area (Å²) in [7, 11) is 0. The fourth-order valence-corrected chi connectivity index (χ4v) is 1.46. The Morgan fingerprint density at radius 2 is 2.00 bits per heavy atom. The highest BCUT2D eigenvalue weighted by molar-refractivity contribution is 5.82. The summed E-state index contributed by atoms with van der Waals surface area (Å²) in [6.07, 6.45) is -8.71. The minimum atomic E-state index is -5.01. The summed E-state index contributed by atoms with van der Waals surface area (Å²) in [5.74, 6) is -2.14. The van der Waals surface area contributed by atoms with Gasteiger partial charge in [0.15, 0.2) is 6.29 Å². The van der Waals surface area contributed by atoms with Crippen LogP contribution in [0.25, 0.3) is 0 Å². The average Bonchev–Trinajstić information content (AvgIpc) is 2.11. The van der Waals surface area contributed by atoms with E-state index in [0.29, 0.717) is 0 Å². The zero-order valence-corrected chi connectivity index (χ0v) is 8.36. The van der Waals surface area contributed by atoms with Crippen LogP contribution >= 0.6 is 0 Å². The minimum Gasteiger partial charge on any atom is -0.388 e. The number of halogens is 3. The zero-order valence-electron chi connectivity index (χ0n) is 8.36. The number of amides is 1. The first-order valence-corrected chi connectivity index (χ1v) is 4.61. The molecule has 3 N–H and O–H groups in total. The number of carbonyl (C=O) groups is 1. The molecule has 0 radical (unpaired) electrons. The number of aliphatic hydroxyl groups is 2. The van der Waals surface area contributed by atoms with E-state index in [1.807, 2.05) is 0 Å². The van der Waals surface area contributed by atoms with E-state index in [1.165, 1.54) is 6.92 Å². The fourth-order valence-electron chi connectivity index (χ4n) is 1.46. The predicted octanol–water partition coefficient (Wildman–Crippen LogP) is -0.478. The molecule has 5 nitrogen and oxygen atoms in total. The molecule has 0 bridgehead atoms. The molecule has 1 fully saturated rings. The van der Waals surface area contributed by atoms with Gasteiger partial charge in [-0.3, -0.25) is 4.79 Å². The summed E-state index contributed by atoms with van der Waals surface area (Å²) >= 11 is 0. The summed E-state index contributed by atoms with van der Waals surface area (Å²) < 4.78 is 40.6. The maximum Gasteiger partial charge on any atom is 0.471 e. The van der Waals surface area contributed by atoms with Gasteiger partial charge in [0, 0.05) is 6.42 Å². The molecule has 1 aliphatic heterocycles. The lowest BCUT2D eigenvalue weighted by atomic mass is 9.99. The lowest BCUT2D eigenvalue weighted by molar-refractivity contribution is -0.207. The molecular weight excluding hydrogens is 231 g/mol. The van der Waals surface area contributed by atoms with Crippen molar-refractivity contribution >= 4 is 5.91 Å². The van der Waals surface area contributed by atoms with Crippen LogP contribution in [0.3, 0.4) is 0 Å². The third-order valence-electron chi connectivity index (χ3n) is 2.29. The minimum absolute atomic E-state index is 0.284. The number of alkyl halides is 3. The van der Waals surface area contributed by atoms with Crippen LogP contribution < -0.4 is 5.32 Å². The van der Waals surface area contributed by atoms with Gasteiger partial charge < -0.3 is 20.3 Å². The van der Waals surface area contributed by atoms with Gasteiger partial charge in [0.05, 0.1) is 12.1 Å². The number of hydrogen-bond acceptors (Lipinski definition) is 4. The van der Waals surface area contributed by atoms with Crippen LogP contribution in [0.2, 0.25) is 0 Å². The van der Waals surface area contributed by atoms with Crippen molar-refractivity contribution in [3.05, 3.63) is 0 Å². The molecule has 1 rings (SSSR count). The molecule has 1 aliphatic rings. The second-order valence-electron chi connectivity index (χ2n) is 3.60. The maximum atomic E-state index is 11.9. The molecule has 0 aromatic rings. The van der Waals surface area contributed by atoms with Crippen molar-refractivity contribution < 1.29 is 32.9 Å². The molecule has 1 heterocycles. The smallest absolute Gasteiger partial charge is 0.388 e. The fraction of sp³-hybridized carbons (Fsp3) is 0.875. The van der Waals surface area contributed by atoms with Crippen molar-refractivity contribution in [1.82, 2.24) is 5.32 Å². The Morgan fingerprint density at radius 1 is 1.44 bits per heavy atom. The van der Waals surface area contributed by atoms with Gasteiger partial charge in [-0.05, 0) is 6.92 Å². The Labute approximate surface area is 89.2 Å². The Hall–Kier alpha value is -0.860. The quantitative estimate of drug-likeness (QED) is 0.581. The lowest BCUT2D eigenvalue weighted by Crippen LogP contribution is -2.56. The van der Waals surface area contributed by atoms with Crippen LogP contribution in [0.1, 0.15) is 13.3 Å². The van der Waals surface area contributed by atoms with Crippen molar-refractivity contribution in [2.24, 2.45) is 0 Å². The van der Waals surface area contributed by atoms with E-state index in [0.717, 1.165) is 0 Å². The van der Waals surface area contributed by atoms with Crippen LogP contribution in [0, 0.1) is 0 Å². The number of carbonyl (C=O) groups excluding carboxylic acids is 1. The maximum absolute atomic E-state index is 11.9. The lowest BCUT2D eigenvalue weighted by Gasteiger charge is -2.36. The van der Waals surface area contributed by atoms with Crippen LogP contribution in [-0.4, -0.2) is 46.8 Å². The second kappa shape index (κ2) is 4.56. The standard InChI is InChI=1S/C8H12F3NO4/c1-3-6(14)4(2-5(13)16-3)12-7(15)8(9,10)11/h3-6,13-14H,2H2,1H3,(H,12,15). The first-order valence-electron chi connectivity index (χ1n) is 4.61. The van der Waals surface area contributed by atoms with Gasteiger partial charge in [0.2, 0.25) is 0 Å². The average molecular weight is 243 g/mol. The Bertz CT molecular complexity index is 270. The largest absolute Gasteiger partial charge is 0.471 e. The molecule has 4 unspecified atom stereocenters. The van der Waals surface area contributed by atoms with Gasteiger partial charge in [-0.15, -0.1) is 0 Å². The summed E-state index contributed by atoms with van der Waals surface area (Å²) in [6.45, 7) is 1.39. The molecule has 0 spiro atoms. The first kappa shape index (κ1) is 13.2. The first-order chi connectivity index (χ1) is 7.21. The van der Waals surface area contributed by atoms with Gasteiger partial charge in [0.25, 0.3) is 0 Å². The molecule has 0 aromatic heterocycles. The van der Waals surface area contributed by atoms with Crippen molar-refractivity contribution in [1.29, 1.82) is 0 Å². The van der Waals surface area contributed by atoms with Crippen molar-refractivity contribution in [3.8, 4) is 0 Å². The van der Waals surface area contributed by atoms with Crippen LogP contribution in [0.15, 0.2) is 0 Å². The topological polar surface area (TPSA) is 78.8 Å². The Balaban J connectivity index is 2.62. The van der Waals surface area contributed by atoms with Gasteiger partial charge in [-0.1, -0.05) is 0 Å². The number of rotatable bonds is 1. The van der Waals surface area contributed by atoms with E-state index in [1.54, 1.807) is 5.32 Å². The van der Waals surface area contributed by atoms with E-state index in [-0.39, 0.29) is 6.42 Å². The highest BCUT2D eigenvalue weighted by Crippen LogP contribution is 2.21. The number of nitrogens with one attached hydrogen (secondary N) is 1. The van der Waals surface area contributed by atoms with Crippen LogP contribution in [-0.2, 0) is 9.53 Å². The van der Waals surface area contributed by atoms with Crippen molar-refractivity contribution in [2.75, 3.05) is 0 Å². The van der Waals surface area contributed by atoms with Crippen LogP contribution in [0.4, 0.5) is 13.2 Å². The number of ether oxygens (including phenoxy) is 1. The van der Waals surface area contributed by atoms with Crippen LogP contribution in [0.5, 0.6) is 0 Å². The summed E-state index contributed by atoms with van der Waals surface area (Å²) in [5, 5.41) is 20.2. The molecule has 1 amide bonds. The number of hydrogen-bond donors (Lipinski definition) is 3. The normalized spacial score (nSPS) is 35.9. The third kappa shape index (κ3) is 3.06. The van der Waals surface area contributed by atoms with E-state index in [9.17, 15) is 23.1 Å². The van der Waals surface area contributed by atoms with Gasteiger partial charge in [-0.25, -0.2) is 0 Å². The van der Waals surface area contributed by atoms with Gasteiger partial charge >= 0.3 is 12.1 Å². The van der Waals surface area contributed by atoms with E-state index >= 15 is 0 Å². The van der Waals surface area contributed by atoms with Gasteiger partial charge in [-0.2, -0.15) is 13.2 Å². The summed E-state index contributed by atoms with van der Waals surface area (Å²) in [5.41, 5.74) is 0. The molecular formula is C8H12F3NO4. The molecule has 8 heteroatoms. The molecule has 94 valence electrons. The Kier molecular flexibility index (Phi) is 3.76.